The smallest absolute Gasteiger partial charge is 0.307 e. The van der Waals surface area contributed by atoms with Gasteiger partial charge in [-0.25, -0.2) is 9.97 Å². The van der Waals surface area contributed by atoms with Gasteiger partial charge in [0.25, 0.3) is 0 Å². The van der Waals surface area contributed by atoms with Gasteiger partial charge in [0.1, 0.15) is 6.04 Å². The van der Waals surface area contributed by atoms with E-state index in [1.807, 2.05) is 17.3 Å². The van der Waals surface area contributed by atoms with Crippen LogP contribution in [0.3, 0.4) is 0 Å². The summed E-state index contributed by atoms with van der Waals surface area (Å²) >= 11 is 0. The molecule has 2 aliphatic heterocycles. The van der Waals surface area contributed by atoms with Crippen molar-refractivity contribution in [1.82, 2.24) is 20.2 Å². The predicted octanol–water partition coefficient (Wildman–Crippen LogP) is 0.330. The molecule has 8 heteroatoms. The number of nitrogens with zero attached hydrogens (tertiary/aromatic N) is 4. The highest BCUT2D eigenvalue weighted by molar-refractivity contribution is 5.87. The summed E-state index contributed by atoms with van der Waals surface area (Å²) in [5, 5.41) is 2.80. The van der Waals surface area contributed by atoms with Gasteiger partial charge in [0, 0.05) is 50.7 Å². The quantitative estimate of drug-likeness (QED) is 0.768. The number of carbonyl (C=O) groups is 2. The van der Waals surface area contributed by atoms with Crippen LogP contribution in [0, 0.1) is 0 Å². The number of piperazine rings is 1. The fraction of sp³-hybridized carbons (Fsp3) is 0.647. The van der Waals surface area contributed by atoms with Crippen molar-refractivity contribution in [3.05, 3.63) is 18.0 Å². The summed E-state index contributed by atoms with van der Waals surface area (Å²) in [6, 6.07) is -0.511. The van der Waals surface area contributed by atoms with Crippen LogP contribution in [-0.2, 0) is 20.9 Å². The maximum atomic E-state index is 12.1. The van der Waals surface area contributed by atoms with Crippen LogP contribution in [0.5, 0.6) is 0 Å². The summed E-state index contributed by atoms with van der Waals surface area (Å²) in [6.45, 7) is 3.81. The predicted molar refractivity (Wildman–Crippen MR) is 91.9 cm³/mol. The van der Waals surface area contributed by atoms with E-state index in [4.69, 9.17) is 4.74 Å². The molecule has 25 heavy (non-hydrogen) atoms. The van der Waals surface area contributed by atoms with Crippen molar-refractivity contribution in [2.45, 2.75) is 38.3 Å². The number of aromatic nitrogens is 2. The van der Waals surface area contributed by atoms with Crippen LogP contribution in [-0.4, -0.2) is 66.1 Å². The molecule has 1 unspecified atom stereocenters. The molecule has 0 aliphatic carbocycles. The second-order valence-electron chi connectivity index (χ2n) is 6.50. The summed E-state index contributed by atoms with van der Waals surface area (Å²) in [6.07, 6.45) is 7.33. The number of hydrogen-bond acceptors (Lipinski definition) is 7. The molecule has 1 aromatic heterocycles. The van der Waals surface area contributed by atoms with Gasteiger partial charge in [-0.15, -0.1) is 0 Å². The Balaban J connectivity index is 1.64. The van der Waals surface area contributed by atoms with Crippen LogP contribution >= 0.6 is 0 Å². The highest BCUT2D eigenvalue weighted by Gasteiger charge is 2.32. The molecule has 136 valence electrons. The molecule has 0 spiro atoms. The number of amides is 1. The largest absolute Gasteiger partial charge is 0.469 e. The first-order valence-corrected chi connectivity index (χ1v) is 8.82. The van der Waals surface area contributed by atoms with Crippen LogP contribution in [0.4, 0.5) is 5.95 Å². The molecule has 1 amide bonds. The third kappa shape index (κ3) is 4.45. The summed E-state index contributed by atoms with van der Waals surface area (Å²) in [5.41, 5.74) is 0.935. The Morgan fingerprint density at radius 3 is 2.64 bits per heavy atom. The fourth-order valence-electron chi connectivity index (χ4n) is 3.34. The second-order valence-corrected chi connectivity index (χ2v) is 6.50. The zero-order valence-corrected chi connectivity index (χ0v) is 14.6. The van der Waals surface area contributed by atoms with Gasteiger partial charge in [-0.05, 0) is 19.3 Å². The first-order chi connectivity index (χ1) is 12.2. The Bertz CT molecular complexity index is 601. The number of hydrogen-bond donors (Lipinski definition) is 1. The van der Waals surface area contributed by atoms with E-state index >= 15 is 0 Å². The number of nitrogens with one attached hydrogen (secondary N) is 1. The molecule has 1 N–H and O–H groups in total. The number of ether oxygens (including phenoxy) is 1. The summed E-state index contributed by atoms with van der Waals surface area (Å²) in [7, 11) is 1.33. The molecule has 2 aliphatic rings. The minimum atomic E-state index is -0.511. The SMILES string of the molecule is COC(=O)CC1C(=O)NCCN1Cc1cnc(N2CCCCC2)nc1. The Morgan fingerprint density at radius 1 is 1.24 bits per heavy atom. The van der Waals surface area contributed by atoms with Gasteiger partial charge in [0.2, 0.25) is 11.9 Å². The average molecular weight is 347 g/mol. The van der Waals surface area contributed by atoms with E-state index in [0.717, 1.165) is 24.6 Å². The Hall–Kier alpha value is -2.22. The van der Waals surface area contributed by atoms with Gasteiger partial charge in [-0.1, -0.05) is 0 Å². The lowest BCUT2D eigenvalue weighted by Crippen LogP contribution is -2.55. The molecular formula is C17H25N5O3. The number of anilines is 1. The van der Waals surface area contributed by atoms with Crippen LogP contribution in [0.25, 0.3) is 0 Å². The zero-order chi connectivity index (χ0) is 17.6. The van der Waals surface area contributed by atoms with Crippen molar-refractivity contribution in [1.29, 1.82) is 0 Å². The maximum absolute atomic E-state index is 12.1. The molecule has 1 atom stereocenters. The fourth-order valence-corrected chi connectivity index (χ4v) is 3.34. The van der Waals surface area contributed by atoms with E-state index in [1.54, 1.807) is 0 Å². The molecule has 2 saturated heterocycles. The summed E-state index contributed by atoms with van der Waals surface area (Å²) in [5.74, 6) is 0.247. The van der Waals surface area contributed by atoms with Gasteiger partial charge in [0.15, 0.2) is 0 Å². The first kappa shape index (κ1) is 17.6. The average Bonchev–Trinajstić information content (AvgIpc) is 2.65. The third-order valence-electron chi connectivity index (χ3n) is 4.75. The van der Waals surface area contributed by atoms with Crippen LogP contribution in [0.2, 0.25) is 0 Å². The first-order valence-electron chi connectivity index (χ1n) is 8.82. The van der Waals surface area contributed by atoms with Crippen LogP contribution in [0.15, 0.2) is 12.4 Å². The summed E-state index contributed by atoms with van der Waals surface area (Å²) < 4.78 is 4.71. The molecular weight excluding hydrogens is 322 g/mol. The minimum Gasteiger partial charge on any atom is -0.469 e. The monoisotopic (exact) mass is 347 g/mol. The number of piperidine rings is 1. The van der Waals surface area contributed by atoms with Crippen LogP contribution in [0.1, 0.15) is 31.2 Å². The molecule has 8 nitrogen and oxygen atoms in total. The normalized spacial score (nSPS) is 21.7. The molecule has 0 saturated carbocycles. The topological polar surface area (TPSA) is 87.7 Å². The number of carbonyl (C=O) groups excluding carboxylic acids is 2. The second kappa shape index (κ2) is 8.24. The van der Waals surface area contributed by atoms with Crippen molar-refractivity contribution in [2.24, 2.45) is 0 Å². The number of esters is 1. The Kier molecular flexibility index (Phi) is 5.80. The van der Waals surface area contributed by atoms with Gasteiger partial charge in [-0.2, -0.15) is 0 Å². The third-order valence-corrected chi connectivity index (χ3v) is 4.75. The Labute approximate surface area is 147 Å². The number of rotatable bonds is 5. The van der Waals surface area contributed by atoms with E-state index in [0.29, 0.717) is 19.6 Å². The lowest BCUT2D eigenvalue weighted by Gasteiger charge is -2.34. The van der Waals surface area contributed by atoms with Crippen molar-refractivity contribution >= 4 is 17.8 Å². The molecule has 0 bridgehead atoms. The van der Waals surface area contributed by atoms with E-state index < -0.39 is 6.04 Å². The molecule has 0 radical (unpaired) electrons. The minimum absolute atomic E-state index is 0.0506. The van der Waals surface area contributed by atoms with Crippen molar-refractivity contribution in [3.63, 3.8) is 0 Å². The highest BCUT2D eigenvalue weighted by Crippen LogP contribution is 2.17. The van der Waals surface area contributed by atoms with Gasteiger partial charge < -0.3 is 15.0 Å². The van der Waals surface area contributed by atoms with Crippen LogP contribution < -0.4 is 10.2 Å². The highest BCUT2D eigenvalue weighted by atomic mass is 16.5. The molecule has 3 rings (SSSR count). The van der Waals surface area contributed by atoms with E-state index in [-0.39, 0.29) is 18.3 Å². The van der Waals surface area contributed by atoms with Gasteiger partial charge in [-0.3, -0.25) is 14.5 Å². The standard InChI is InChI=1S/C17H25N5O3/c1-25-15(23)9-14-16(24)18-5-8-22(14)12-13-10-19-17(20-11-13)21-6-3-2-4-7-21/h10-11,14H,2-9,12H2,1H3,(H,18,24). The van der Waals surface area contributed by atoms with Gasteiger partial charge >= 0.3 is 5.97 Å². The lowest BCUT2D eigenvalue weighted by atomic mass is 10.1. The van der Waals surface area contributed by atoms with Gasteiger partial charge in [0.05, 0.1) is 13.5 Å². The zero-order valence-electron chi connectivity index (χ0n) is 14.6. The van der Waals surface area contributed by atoms with Crippen molar-refractivity contribution in [3.8, 4) is 0 Å². The van der Waals surface area contributed by atoms with Crippen molar-refractivity contribution in [2.75, 3.05) is 38.2 Å². The van der Waals surface area contributed by atoms with E-state index in [2.05, 4.69) is 20.2 Å². The van der Waals surface area contributed by atoms with E-state index in [9.17, 15) is 9.59 Å². The molecule has 1 aromatic rings. The molecule has 0 aromatic carbocycles. The summed E-state index contributed by atoms with van der Waals surface area (Å²) in [4.78, 5) is 36.9. The lowest BCUT2D eigenvalue weighted by molar-refractivity contribution is -0.146. The van der Waals surface area contributed by atoms with E-state index in [1.165, 1.54) is 26.4 Å². The molecule has 2 fully saturated rings. The molecule has 3 heterocycles. The van der Waals surface area contributed by atoms with Crippen molar-refractivity contribution < 1.29 is 14.3 Å². The maximum Gasteiger partial charge on any atom is 0.307 e. The number of methoxy groups -OCH3 is 1. The Morgan fingerprint density at radius 2 is 1.96 bits per heavy atom.